The maximum Gasteiger partial charge on any atom is 0.250 e. The minimum Gasteiger partial charge on any atom is -0.367 e. The van der Waals surface area contributed by atoms with Crippen LogP contribution in [-0.4, -0.2) is 29.4 Å². The molecule has 0 saturated heterocycles. The van der Waals surface area contributed by atoms with Gasteiger partial charge in [0, 0.05) is 13.1 Å². The van der Waals surface area contributed by atoms with Crippen LogP contribution < -0.4 is 5.73 Å². The van der Waals surface area contributed by atoms with Gasteiger partial charge in [-0.15, -0.1) is 0 Å². The topological polar surface area (TPSA) is 46.3 Å². The Morgan fingerprint density at radius 2 is 0.867 bits per heavy atom. The maximum atomic E-state index is 11.6. The summed E-state index contributed by atoms with van der Waals surface area (Å²) in [6.07, 6.45) is 26.5. The zero-order valence-electron chi connectivity index (χ0n) is 20.4. The molecule has 4 heteroatoms. The third-order valence-electron chi connectivity index (χ3n) is 6.15. The van der Waals surface area contributed by atoms with Crippen LogP contribution in [0.1, 0.15) is 142 Å². The van der Waals surface area contributed by atoms with Crippen LogP contribution in [0.4, 0.5) is 0 Å². The fraction of sp³-hybridized carbons (Fsp3) is 0.962. The summed E-state index contributed by atoms with van der Waals surface area (Å²) >= 11 is 6.28. The van der Waals surface area contributed by atoms with Crippen LogP contribution >= 0.6 is 11.6 Å². The molecule has 0 spiro atoms. The Labute approximate surface area is 193 Å². The fourth-order valence-corrected chi connectivity index (χ4v) is 4.32. The third kappa shape index (κ3) is 19.7. The van der Waals surface area contributed by atoms with E-state index in [-0.39, 0.29) is 0 Å². The van der Waals surface area contributed by atoms with E-state index in [9.17, 15) is 4.79 Å². The van der Waals surface area contributed by atoms with Gasteiger partial charge in [0.05, 0.1) is 0 Å². The first-order chi connectivity index (χ1) is 14.6. The SMILES string of the molecule is CCCCCCCCCCCCN(CCCCCCCCCCCC)C(Cl)C(N)=O. The second-order valence-corrected chi connectivity index (χ2v) is 9.55. The van der Waals surface area contributed by atoms with Crippen molar-refractivity contribution in [1.29, 1.82) is 0 Å². The highest BCUT2D eigenvalue weighted by Gasteiger charge is 2.20. The number of nitrogens with zero attached hydrogens (tertiary/aromatic N) is 1. The number of primary amides is 1. The average Bonchev–Trinajstić information content (AvgIpc) is 2.74. The first-order valence-electron chi connectivity index (χ1n) is 13.3. The van der Waals surface area contributed by atoms with E-state index >= 15 is 0 Å². The molecule has 1 atom stereocenters. The molecule has 0 aromatic rings. The summed E-state index contributed by atoms with van der Waals surface area (Å²) in [5.74, 6) is -0.407. The molecule has 2 N–H and O–H groups in total. The minimum absolute atomic E-state index is 0.407. The largest absolute Gasteiger partial charge is 0.367 e. The highest BCUT2D eigenvalue weighted by atomic mass is 35.5. The first-order valence-corrected chi connectivity index (χ1v) is 13.7. The molecular formula is C26H53ClN2O. The van der Waals surface area contributed by atoms with Gasteiger partial charge in [-0.1, -0.05) is 141 Å². The second kappa shape index (κ2) is 23.4. The van der Waals surface area contributed by atoms with E-state index in [1.54, 1.807) is 0 Å². The molecule has 0 rings (SSSR count). The Hall–Kier alpha value is -0.280. The zero-order chi connectivity index (χ0) is 22.3. The number of hydrogen-bond acceptors (Lipinski definition) is 2. The van der Waals surface area contributed by atoms with E-state index in [2.05, 4.69) is 18.7 Å². The van der Waals surface area contributed by atoms with Gasteiger partial charge in [-0.3, -0.25) is 9.69 Å². The van der Waals surface area contributed by atoms with E-state index in [1.807, 2.05) is 0 Å². The van der Waals surface area contributed by atoms with Crippen LogP contribution in [0, 0.1) is 0 Å². The lowest BCUT2D eigenvalue weighted by atomic mass is 10.1. The Kier molecular flexibility index (Phi) is 23.2. The van der Waals surface area contributed by atoms with Gasteiger partial charge in [-0.25, -0.2) is 0 Å². The van der Waals surface area contributed by atoms with Gasteiger partial charge in [-0.2, -0.15) is 0 Å². The zero-order valence-corrected chi connectivity index (χ0v) is 21.2. The standard InChI is InChI=1S/C26H53ClN2O/c1-3-5-7-9-11-13-15-17-19-21-23-29(25(27)26(28)30)24-22-20-18-16-14-12-10-8-6-4-2/h25H,3-24H2,1-2H3,(H2,28,30). The molecule has 1 unspecified atom stereocenters. The van der Waals surface area contributed by atoms with Crippen molar-refractivity contribution in [3.8, 4) is 0 Å². The van der Waals surface area contributed by atoms with Crippen molar-refractivity contribution in [3.05, 3.63) is 0 Å². The van der Waals surface area contributed by atoms with Crippen LogP contribution in [0.2, 0.25) is 0 Å². The normalized spacial score (nSPS) is 12.5. The fourth-order valence-electron chi connectivity index (χ4n) is 4.12. The first kappa shape index (κ1) is 29.7. The van der Waals surface area contributed by atoms with Crippen molar-refractivity contribution in [2.45, 2.75) is 148 Å². The van der Waals surface area contributed by atoms with E-state index in [4.69, 9.17) is 17.3 Å². The highest BCUT2D eigenvalue weighted by molar-refractivity contribution is 6.30. The lowest BCUT2D eigenvalue weighted by molar-refractivity contribution is -0.120. The molecular weight excluding hydrogens is 392 g/mol. The predicted octanol–water partition coefficient (Wildman–Crippen LogP) is 8.18. The van der Waals surface area contributed by atoms with Crippen LogP contribution in [0.3, 0.4) is 0 Å². The van der Waals surface area contributed by atoms with Crippen molar-refractivity contribution in [2.24, 2.45) is 5.73 Å². The van der Waals surface area contributed by atoms with Crippen LogP contribution in [0.25, 0.3) is 0 Å². The van der Waals surface area contributed by atoms with Crippen molar-refractivity contribution in [3.63, 3.8) is 0 Å². The maximum absolute atomic E-state index is 11.6. The summed E-state index contributed by atoms with van der Waals surface area (Å²) in [6.45, 7) is 6.32. The number of unbranched alkanes of at least 4 members (excludes halogenated alkanes) is 18. The molecule has 180 valence electrons. The lowest BCUT2D eigenvalue weighted by Crippen LogP contribution is -2.42. The Morgan fingerprint density at radius 3 is 1.13 bits per heavy atom. The molecule has 30 heavy (non-hydrogen) atoms. The molecule has 0 bridgehead atoms. The molecule has 0 saturated carbocycles. The number of rotatable bonds is 24. The molecule has 0 aromatic carbocycles. The molecule has 0 aliphatic carbocycles. The van der Waals surface area contributed by atoms with E-state index in [0.717, 1.165) is 25.9 Å². The predicted molar refractivity (Wildman–Crippen MR) is 134 cm³/mol. The summed E-state index contributed by atoms with van der Waals surface area (Å²) in [5.41, 5.74) is 4.81. The third-order valence-corrected chi connectivity index (χ3v) is 6.64. The molecule has 1 amide bonds. The summed E-state index contributed by atoms with van der Waals surface area (Å²) < 4.78 is 0. The van der Waals surface area contributed by atoms with Gasteiger partial charge in [0.25, 0.3) is 0 Å². The Balaban J connectivity index is 3.73. The van der Waals surface area contributed by atoms with Gasteiger partial charge in [0.15, 0.2) is 5.50 Å². The number of carbonyl (C=O) groups excluding carboxylic acids is 1. The number of nitrogens with two attached hydrogens (primary N) is 1. The Morgan fingerprint density at radius 1 is 0.600 bits per heavy atom. The van der Waals surface area contributed by atoms with Gasteiger partial charge in [-0.05, 0) is 12.8 Å². The summed E-state index contributed by atoms with van der Waals surface area (Å²) in [6, 6.07) is 0. The minimum atomic E-state index is -0.651. The summed E-state index contributed by atoms with van der Waals surface area (Å²) in [4.78, 5) is 13.7. The second-order valence-electron chi connectivity index (χ2n) is 9.14. The number of hydrogen-bond donors (Lipinski definition) is 1. The molecule has 0 aliphatic rings. The van der Waals surface area contributed by atoms with E-state index in [0.29, 0.717) is 0 Å². The van der Waals surface area contributed by atoms with Gasteiger partial charge < -0.3 is 5.73 Å². The molecule has 3 nitrogen and oxygen atoms in total. The van der Waals surface area contributed by atoms with Crippen molar-refractivity contribution in [1.82, 2.24) is 4.90 Å². The highest BCUT2D eigenvalue weighted by Crippen LogP contribution is 2.15. The number of halogens is 1. The van der Waals surface area contributed by atoms with Crippen LogP contribution in [-0.2, 0) is 4.79 Å². The molecule has 0 aromatic heterocycles. The lowest BCUT2D eigenvalue weighted by Gasteiger charge is -2.25. The smallest absolute Gasteiger partial charge is 0.250 e. The molecule has 0 aliphatic heterocycles. The van der Waals surface area contributed by atoms with E-state index in [1.165, 1.54) is 116 Å². The van der Waals surface area contributed by atoms with Crippen LogP contribution in [0.15, 0.2) is 0 Å². The number of alkyl halides is 1. The van der Waals surface area contributed by atoms with Crippen molar-refractivity contribution in [2.75, 3.05) is 13.1 Å². The number of carbonyl (C=O) groups is 1. The van der Waals surface area contributed by atoms with E-state index < -0.39 is 11.4 Å². The van der Waals surface area contributed by atoms with Crippen molar-refractivity contribution < 1.29 is 4.79 Å². The van der Waals surface area contributed by atoms with Crippen LogP contribution in [0.5, 0.6) is 0 Å². The quantitative estimate of drug-likeness (QED) is 0.0925. The van der Waals surface area contributed by atoms with Gasteiger partial charge in [0.2, 0.25) is 5.91 Å². The Bertz CT molecular complexity index is 341. The van der Waals surface area contributed by atoms with Gasteiger partial charge >= 0.3 is 0 Å². The van der Waals surface area contributed by atoms with Gasteiger partial charge in [0.1, 0.15) is 0 Å². The van der Waals surface area contributed by atoms with Crippen molar-refractivity contribution >= 4 is 17.5 Å². The summed E-state index contributed by atoms with van der Waals surface area (Å²) in [5, 5.41) is 0. The average molecular weight is 445 g/mol. The molecule has 0 heterocycles. The summed E-state index contributed by atoms with van der Waals surface area (Å²) in [7, 11) is 0. The number of amides is 1. The monoisotopic (exact) mass is 444 g/mol. The molecule has 0 fully saturated rings. The molecule has 0 radical (unpaired) electrons.